The van der Waals surface area contributed by atoms with Gasteiger partial charge in [-0.2, -0.15) is 5.26 Å². The normalized spacial score (nSPS) is 13.4. The van der Waals surface area contributed by atoms with E-state index < -0.39 is 5.91 Å². The zero-order chi connectivity index (χ0) is 20.5. The summed E-state index contributed by atoms with van der Waals surface area (Å²) in [6, 6.07) is 14.1. The molecule has 1 fully saturated rings. The molecule has 29 heavy (non-hydrogen) atoms. The van der Waals surface area contributed by atoms with Gasteiger partial charge >= 0.3 is 0 Å². The van der Waals surface area contributed by atoms with Gasteiger partial charge in [-0.25, -0.2) is 0 Å². The van der Waals surface area contributed by atoms with Gasteiger partial charge < -0.3 is 24.8 Å². The second kappa shape index (κ2) is 10.6. The number of nitriles is 1. The van der Waals surface area contributed by atoms with Crippen LogP contribution in [-0.2, 0) is 14.3 Å². The topological polar surface area (TPSA) is 94.6 Å². The summed E-state index contributed by atoms with van der Waals surface area (Å²) in [5, 5.41) is 22.9. The van der Waals surface area contributed by atoms with Crippen LogP contribution in [0.2, 0.25) is 0 Å². The Hall–Kier alpha value is -2.92. The summed E-state index contributed by atoms with van der Waals surface area (Å²) in [6.07, 6.45) is 1.61. The molecule has 0 atom stereocenters. The van der Waals surface area contributed by atoms with Crippen molar-refractivity contribution in [2.24, 2.45) is 0 Å². The monoisotopic (exact) mass is 395 g/mol. The number of carbonyl (C=O) groups is 1. The number of anilines is 1. The molecule has 7 nitrogen and oxygen atoms in total. The Kier molecular flexibility index (Phi) is 7.59. The van der Waals surface area contributed by atoms with E-state index in [1.165, 1.54) is 5.69 Å². The van der Waals surface area contributed by atoms with Crippen molar-refractivity contribution >= 4 is 28.4 Å². The van der Waals surface area contributed by atoms with Crippen LogP contribution in [0.3, 0.4) is 0 Å². The van der Waals surface area contributed by atoms with Crippen molar-refractivity contribution in [2.75, 3.05) is 57.6 Å². The maximum atomic E-state index is 12.3. The van der Waals surface area contributed by atoms with Gasteiger partial charge in [0.05, 0.1) is 33.0 Å². The highest BCUT2D eigenvalue weighted by Crippen LogP contribution is 2.31. The molecule has 1 heterocycles. The van der Waals surface area contributed by atoms with Crippen LogP contribution in [0.15, 0.2) is 42.0 Å². The molecule has 1 aliphatic rings. The summed E-state index contributed by atoms with van der Waals surface area (Å²) in [5.74, 6) is -0.424. The molecule has 1 amide bonds. The maximum Gasteiger partial charge on any atom is 0.262 e. The predicted molar refractivity (Wildman–Crippen MR) is 111 cm³/mol. The molecule has 0 radical (unpaired) electrons. The van der Waals surface area contributed by atoms with E-state index in [1.807, 2.05) is 30.3 Å². The van der Waals surface area contributed by atoms with Gasteiger partial charge in [-0.15, -0.1) is 0 Å². The first kappa shape index (κ1) is 20.8. The summed E-state index contributed by atoms with van der Waals surface area (Å²) in [6.45, 7) is 3.77. The molecule has 152 valence electrons. The molecular weight excluding hydrogens is 370 g/mol. The first-order chi connectivity index (χ1) is 14.2. The van der Waals surface area contributed by atoms with Crippen molar-refractivity contribution in [3.63, 3.8) is 0 Å². The van der Waals surface area contributed by atoms with E-state index in [0.29, 0.717) is 26.4 Å². The predicted octanol–water partition coefficient (Wildman–Crippen LogP) is 1.71. The van der Waals surface area contributed by atoms with Gasteiger partial charge in [-0.1, -0.05) is 24.3 Å². The molecule has 2 aromatic carbocycles. The SMILES string of the molecule is N#C/C(=C\c1ccc2cccc(N3CC3)c2c1)C(=O)NCCOCCOCCO. The number of nitrogens with zero attached hydrogens (tertiary/aromatic N) is 2. The molecule has 7 heteroatoms. The maximum absolute atomic E-state index is 12.3. The number of amides is 1. The lowest BCUT2D eigenvalue weighted by atomic mass is 10.0. The fraction of sp³-hybridized carbons (Fsp3) is 0.364. The Balaban J connectivity index is 1.57. The molecule has 0 bridgehead atoms. The number of hydrogen-bond acceptors (Lipinski definition) is 6. The van der Waals surface area contributed by atoms with E-state index in [4.69, 9.17) is 14.6 Å². The molecule has 2 N–H and O–H groups in total. The molecule has 1 aliphatic heterocycles. The Bertz CT molecular complexity index is 916. The molecule has 0 spiro atoms. The number of fused-ring (bicyclic) bond motifs is 1. The standard InChI is InChI=1S/C22H25N3O4/c23-16-19(22(27)24-6-10-28-12-13-29-11-9-26)14-17-4-5-18-2-1-3-21(20(18)15-17)25-7-8-25/h1-5,14-15,26H,6-13H2,(H,24,27)/b19-14+. The Morgan fingerprint density at radius 3 is 2.69 bits per heavy atom. The summed E-state index contributed by atoms with van der Waals surface area (Å²) in [4.78, 5) is 14.6. The second-order valence-electron chi connectivity index (χ2n) is 6.62. The Morgan fingerprint density at radius 2 is 1.97 bits per heavy atom. The van der Waals surface area contributed by atoms with E-state index >= 15 is 0 Å². The van der Waals surface area contributed by atoms with Crippen molar-refractivity contribution in [3.8, 4) is 6.07 Å². The summed E-state index contributed by atoms with van der Waals surface area (Å²) in [5.41, 5.74) is 2.05. The van der Waals surface area contributed by atoms with Crippen molar-refractivity contribution in [2.45, 2.75) is 0 Å². The highest BCUT2D eigenvalue weighted by atomic mass is 16.5. The fourth-order valence-corrected chi connectivity index (χ4v) is 2.96. The van der Waals surface area contributed by atoms with Crippen LogP contribution < -0.4 is 10.2 Å². The fourth-order valence-electron chi connectivity index (χ4n) is 2.96. The van der Waals surface area contributed by atoms with Gasteiger partial charge in [0.25, 0.3) is 5.91 Å². The summed E-state index contributed by atoms with van der Waals surface area (Å²) < 4.78 is 10.4. The Morgan fingerprint density at radius 1 is 1.17 bits per heavy atom. The number of aliphatic hydroxyl groups is 1. The molecule has 2 aromatic rings. The zero-order valence-electron chi connectivity index (χ0n) is 16.3. The van der Waals surface area contributed by atoms with E-state index in [0.717, 1.165) is 29.4 Å². The summed E-state index contributed by atoms with van der Waals surface area (Å²) >= 11 is 0. The van der Waals surface area contributed by atoms with E-state index in [2.05, 4.69) is 22.3 Å². The quantitative estimate of drug-likeness (QED) is 0.260. The number of benzene rings is 2. The van der Waals surface area contributed by atoms with Crippen LogP contribution in [0.4, 0.5) is 5.69 Å². The molecule has 0 aliphatic carbocycles. The third-order valence-corrected chi connectivity index (χ3v) is 4.49. The molecule has 0 aromatic heterocycles. The lowest BCUT2D eigenvalue weighted by Crippen LogP contribution is -2.28. The number of nitrogens with one attached hydrogen (secondary N) is 1. The van der Waals surface area contributed by atoms with Gasteiger partial charge in [0.1, 0.15) is 11.6 Å². The second-order valence-corrected chi connectivity index (χ2v) is 6.62. The van der Waals surface area contributed by atoms with Crippen molar-refractivity contribution in [1.29, 1.82) is 5.26 Å². The van der Waals surface area contributed by atoms with Gasteiger partial charge in [-0.05, 0) is 29.2 Å². The number of ether oxygens (including phenoxy) is 2. The van der Waals surface area contributed by atoms with Crippen LogP contribution in [0.5, 0.6) is 0 Å². The van der Waals surface area contributed by atoms with Crippen LogP contribution in [0.1, 0.15) is 5.56 Å². The molecular formula is C22H25N3O4. The van der Waals surface area contributed by atoms with E-state index in [-0.39, 0.29) is 18.8 Å². The van der Waals surface area contributed by atoms with Crippen LogP contribution in [0.25, 0.3) is 16.8 Å². The minimum absolute atomic E-state index is 0.0178. The van der Waals surface area contributed by atoms with Crippen LogP contribution >= 0.6 is 0 Å². The van der Waals surface area contributed by atoms with Crippen molar-refractivity contribution < 1.29 is 19.4 Å². The minimum atomic E-state index is -0.424. The minimum Gasteiger partial charge on any atom is -0.394 e. The Labute approximate surface area is 170 Å². The largest absolute Gasteiger partial charge is 0.394 e. The first-order valence-corrected chi connectivity index (χ1v) is 9.67. The third kappa shape index (κ3) is 6.03. The average molecular weight is 395 g/mol. The molecule has 1 saturated heterocycles. The smallest absolute Gasteiger partial charge is 0.262 e. The first-order valence-electron chi connectivity index (χ1n) is 9.67. The number of carbonyl (C=O) groups excluding carboxylic acids is 1. The lowest BCUT2D eigenvalue weighted by molar-refractivity contribution is -0.117. The summed E-state index contributed by atoms with van der Waals surface area (Å²) in [7, 11) is 0. The number of rotatable bonds is 11. The average Bonchev–Trinajstić information content (AvgIpc) is 3.58. The van der Waals surface area contributed by atoms with Crippen LogP contribution in [-0.4, -0.2) is 63.7 Å². The highest BCUT2D eigenvalue weighted by molar-refractivity contribution is 6.03. The third-order valence-electron chi connectivity index (χ3n) is 4.49. The van der Waals surface area contributed by atoms with Crippen molar-refractivity contribution in [1.82, 2.24) is 5.32 Å². The van der Waals surface area contributed by atoms with Gasteiger partial charge in [0, 0.05) is 30.7 Å². The van der Waals surface area contributed by atoms with Gasteiger partial charge in [0.15, 0.2) is 0 Å². The van der Waals surface area contributed by atoms with Crippen LogP contribution in [0, 0.1) is 11.3 Å². The van der Waals surface area contributed by atoms with Gasteiger partial charge in [0.2, 0.25) is 0 Å². The molecule has 0 saturated carbocycles. The van der Waals surface area contributed by atoms with E-state index in [1.54, 1.807) is 6.08 Å². The molecule has 3 rings (SSSR count). The van der Waals surface area contributed by atoms with E-state index in [9.17, 15) is 10.1 Å². The van der Waals surface area contributed by atoms with Gasteiger partial charge in [-0.3, -0.25) is 4.79 Å². The highest BCUT2D eigenvalue weighted by Gasteiger charge is 2.19. The number of aliphatic hydroxyl groups excluding tert-OH is 1. The zero-order valence-corrected chi connectivity index (χ0v) is 16.3. The van der Waals surface area contributed by atoms with Crippen molar-refractivity contribution in [3.05, 3.63) is 47.5 Å². The lowest BCUT2D eigenvalue weighted by Gasteiger charge is -2.09. The number of hydrogen-bond donors (Lipinski definition) is 2. The molecule has 0 unspecified atom stereocenters.